The molecule has 0 saturated carbocycles. The number of rotatable bonds is 1. The molecule has 0 N–H and O–H groups in total. The molecule has 0 radical (unpaired) electrons. The highest BCUT2D eigenvalue weighted by Crippen LogP contribution is 2.21. The minimum absolute atomic E-state index is 0.0112. The number of nitrogens with zero attached hydrogens (tertiary/aromatic N) is 2. The number of benzene rings is 1. The van der Waals surface area contributed by atoms with Gasteiger partial charge in [-0.25, -0.2) is 0 Å². The van der Waals surface area contributed by atoms with Gasteiger partial charge in [-0.15, -0.1) is 0 Å². The average Bonchev–Trinajstić information content (AvgIpc) is 2.49. The van der Waals surface area contributed by atoms with Crippen LogP contribution in [0.15, 0.2) is 36.5 Å². The van der Waals surface area contributed by atoms with Crippen LogP contribution in [0, 0.1) is 5.92 Å². The Bertz CT molecular complexity index is 676. The van der Waals surface area contributed by atoms with Gasteiger partial charge >= 0.3 is 0 Å². The van der Waals surface area contributed by atoms with Crippen LogP contribution in [-0.4, -0.2) is 34.7 Å². The molecule has 1 aliphatic heterocycles. The predicted octanol–water partition coefficient (Wildman–Crippen LogP) is 2.29. The molecule has 0 bridgehead atoms. The Balaban J connectivity index is 1.95. The molecular formula is C16H16N2O2. The number of carbonyl (C=O) groups excluding carboxylic acids is 2. The maximum Gasteiger partial charge on any atom is 0.254 e. The largest absolute Gasteiger partial charge is 0.337 e. The third-order valence-corrected chi connectivity index (χ3v) is 3.84. The van der Waals surface area contributed by atoms with Crippen molar-refractivity contribution in [1.29, 1.82) is 0 Å². The van der Waals surface area contributed by atoms with Gasteiger partial charge in [-0.2, -0.15) is 0 Å². The summed E-state index contributed by atoms with van der Waals surface area (Å²) in [5.74, 6) is 0.164. The summed E-state index contributed by atoms with van der Waals surface area (Å²) in [7, 11) is 0. The minimum atomic E-state index is -0.0687. The number of carbonyl (C=O) groups is 2. The Morgan fingerprint density at radius 2 is 2.15 bits per heavy atom. The number of Topliss-reactive ketones (excluding diaryl/α,β-unsaturated/α-hetero) is 1. The lowest BCUT2D eigenvalue weighted by atomic mass is 9.97. The van der Waals surface area contributed by atoms with Crippen LogP contribution in [0.4, 0.5) is 0 Å². The maximum atomic E-state index is 12.7. The van der Waals surface area contributed by atoms with E-state index in [0.29, 0.717) is 25.1 Å². The second-order valence-electron chi connectivity index (χ2n) is 5.24. The van der Waals surface area contributed by atoms with Crippen LogP contribution in [0.2, 0.25) is 0 Å². The summed E-state index contributed by atoms with van der Waals surface area (Å²) in [5.41, 5.74) is 1.48. The van der Waals surface area contributed by atoms with Crippen LogP contribution in [0.3, 0.4) is 0 Å². The third-order valence-electron chi connectivity index (χ3n) is 3.84. The summed E-state index contributed by atoms with van der Waals surface area (Å²) in [4.78, 5) is 30.3. The Kier molecular flexibility index (Phi) is 3.22. The third kappa shape index (κ3) is 2.18. The first-order chi connectivity index (χ1) is 9.66. The van der Waals surface area contributed by atoms with E-state index in [1.165, 1.54) is 0 Å². The van der Waals surface area contributed by atoms with Gasteiger partial charge in [0.25, 0.3) is 5.91 Å². The summed E-state index contributed by atoms with van der Waals surface area (Å²) in [5, 5.41) is 0.865. The lowest BCUT2D eigenvalue weighted by Crippen LogP contribution is -2.43. The van der Waals surface area contributed by atoms with E-state index in [0.717, 1.165) is 10.9 Å². The summed E-state index contributed by atoms with van der Waals surface area (Å²) in [6, 6.07) is 9.32. The molecule has 1 amide bonds. The SMILES string of the molecule is CC1CN(C(=O)c2cccc3ncccc23)CCC1=O. The molecule has 2 aromatic rings. The molecule has 0 spiro atoms. The van der Waals surface area contributed by atoms with Gasteiger partial charge in [-0.05, 0) is 18.2 Å². The molecule has 102 valence electrons. The average molecular weight is 268 g/mol. The Labute approximate surface area is 117 Å². The van der Waals surface area contributed by atoms with E-state index in [1.807, 2.05) is 37.3 Å². The molecule has 1 saturated heterocycles. The first-order valence-electron chi connectivity index (χ1n) is 6.82. The van der Waals surface area contributed by atoms with Crippen molar-refractivity contribution in [2.75, 3.05) is 13.1 Å². The van der Waals surface area contributed by atoms with Crippen molar-refractivity contribution in [1.82, 2.24) is 9.88 Å². The molecule has 4 nitrogen and oxygen atoms in total. The molecule has 20 heavy (non-hydrogen) atoms. The van der Waals surface area contributed by atoms with Gasteiger partial charge < -0.3 is 4.90 Å². The van der Waals surface area contributed by atoms with Crippen molar-refractivity contribution in [3.63, 3.8) is 0 Å². The van der Waals surface area contributed by atoms with Crippen molar-refractivity contribution in [3.8, 4) is 0 Å². The fourth-order valence-electron chi connectivity index (χ4n) is 2.66. The molecule has 4 heteroatoms. The molecule has 3 rings (SSSR count). The first kappa shape index (κ1) is 12.8. The van der Waals surface area contributed by atoms with Crippen LogP contribution in [-0.2, 0) is 4.79 Å². The van der Waals surface area contributed by atoms with Gasteiger partial charge in [0.2, 0.25) is 0 Å². The van der Waals surface area contributed by atoms with Crippen LogP contribution < -0.4 is 0 Å². The topological polar surface area (TPSA) is 50.3 Å². The van der Waals surface area contributed by atoms with E-state index < -0.39 is 0 Å². The van der Waals surface area contributed by atoms with Crippen molar-refractivity contribution in [2.45, 2.75) is 13.3 Å². The second kappa shape index (κ2) is 5.04. The highest BCUT2D eigenvalue weighted by molar-refractivity contribution is 6.06. The van der Waals surface area contributed by atoms with Crippen LogP contribution >= 0.6 is 0 Å². The van der Waals surface area contributed by atoms with Crippen LogP contribution in [0.25, 0.3) is 10.9 Å². The van der Waals surface area contributed by atoms with Crippen molar-refractivity contribution < 1.29 is 9.59 Å². The molecule has 1 aromatic carbocycles. The number of ketones is 1. The summed E-state index contributed by atoms with van der Waals surface area (Å²) < 4.78 is 0. The number of pyridine rings is 1. The number of fused-ring (bicyclic) bond motifs is 1. The molecule has 1 unspecified atom stereocenters. The summed E-state index contributed by atoms with van der Waals surface area (Å²) >= 11 is 0. The van der Waals surface area contributed by atoms with Gasteiger partial charge in [0, 0.05) is 42.6 Å². The predicted molar refractivity (Wildman–Crippen MR) is 76.4 cm³/mol. The van der Waals surface area contributed by atoms with Gasteiger partial charge in [0.15, 0.2) is 0 Å². The Morgan fingerprint density at radius 3 is 2.95 bits per heavy atom. The van der Waals surface area contributed by atoms with E-state index in [9.17, 15) is 9.59 Å². The van der Waals surface area contributed by atoms with Crippen molar-refractivity contribution in [3.05, 3.63) is 42.1 Å². The zero-order chi connectivity index (χ0) is 14.1. The minimum Gasteiger partial charge on any atom is -0.337 e. The molecule has 0 aliphatic carbocycles. The fraction of sp³-hybridized carbons (Fsp3) is 0.312. The second-order valence-corrected chi connectivity index (χ2v) is 5.24. The first-order valence-corrected chi connectivity index (χ1v) is 6.82. The van der Waals surface area contributed by atoms with E-state index in [1.54, 1.807) is 11.1 Å². The smallest absolute Gasteiger partial charge is 0.254 e. The number of piperidine rings is 1. The molecule has 1 aromatic heterocycles. The molecule has 2 heterocycles. The number of hydrogen-bond donors (Lipinski definition) is 0. The van der Waals surface area contributed by atoms with Crippen molar-refractivity contribution >= 4 is 22.6 Å². The number of hydrogen-bond acceptors (Lipinski definition) is 3. The van der Waals surface area contributed by atoms with Crippen LogP contribution in [0.1, 0.15) is 23.7 Å². The van der Waals surface area contributed by atoms with Crippen molar-refractivity contribution in [2.24, 2.45) is 5.92 Å². The highest BCUT2D eigenvalue weighted by atomic mass is 16.2. The lowest BCUT2D eigenvalue weighted by Gasteiger charge is -2.30. The maximum absolute atomic E-state index is 12.7. The monoisotopic (exact) mass is 268 g/mol. The van der Waals surface area contributed by atoms with Gasteiger partial charge in [0.05, 0.1) is 5.52 Å². The Morgan fingerprint density at radius 1 is 1.30 bits per heavy atom. The Hall–Kier alpha value is -2.23. The molecule has 1 fully saturated rings. The van der Waals surface area contributed by atoms with Gasteiger partial charge in [0.1, 0.15) is 5.78 Å². The zero-order valence-corrected chi connectivity index (χ0v) is 11.4. The van der Waals surface area contributed by atoms with Gasteiger partial charge in [-0.1, -0.05) is 19.1 Å². The normalized spacial score (nSPS) is 19.4. The standard InChI is InChI=1S/C16H16N2O2/c1-11-10-18(9-7-15(11)19)16(20)13-4-2-6-14-12(13)5-3-8-17-14/h2-6,8,11H,7,9-10H2,1H3. The quantitative estimate of drug-likeness (QED) is 0.797. The van der Waals surface area contributed by atoms with E-state index in [-0.39, 0.29) is 17.6 Å². The van der Waals surface area contributed by atoms with E-state index >= 15 is 0 Å². The number of likely N-dealkylation sites (tertiary alicyclic amines) is 1. The summed E-state index contributed by atoms with van der Waals surface area (Å²) in [6.45, 7) is 2.90. The van der Waals surface area contributed by atoms with E-state index in [4.69, 9.17) is 0 Å². The van der Waals surface area contributed by atoms with E-state index in [2.05, 4.69) is 4.98 Å². The lowest BCUT2D eigenvalue weighted by molar-refractivity contribution is -0.124. The number of amides is 1. The molecular weight excluding hydrogens is 252 g/mol. The fourth-order valence-corrected chi connectivity index (χ4v) is 2.66. The zero-order valence-electron chi connectivity index (χ0n) is 11.4. The van der Waals surface area contributed by atoms with Gasteiger partial charge in [-0.3, -0.25) is 14.6 Å². The van der Waals surface area contributed by atoms with Crippen LogP contribution in [0.5, 0.6) is 0 Å². The molecule has 1 atom stereocenters. The summed E-state index contributed by atoms with van der Waals surface area (Å²) in [6.07, 6.45) is 2.17. The number of aromatic nitrogens is 1. The highest BCUT2D eigenvalue weighted by Gasteiger charge is 2.27. The molecule has 1 aliphatic rings.